The molecule has 0 fully saturated rings. The Bertz CT molecular complexity index is 1380. The van der Waals surface area contributed by atoms with Crippen molar-refractivity contribution in [3.8, 4) is 40.2 Å². The lowest BCUT2D eigenvalue weighted by Crippen LogP contribution is -2.55. The Kier molecular flexibility index (Phi) is 4.46. The number of benzene rings is 3. The van der Waals surface area contributed by atoms with Gasteiger partial charge in [0.2, 0.25) is 6.79 Å². The van der Waals surface area contributed by atoms with Gasteiger partial charge in [0.15, 0.2) is 28.5 Å². The van der Waals surface area contributed by atoms with Crippen LogP contribution in [0.25, 0.3) is 11.1 Å². The van der Waals surface area contributed by atoms with Crippen LogP contribution in [0.5, 0.6) is 23.0 Å². The zero-order valence-corrected chi connectivity index (χ0v) is 18.9. The van der Waals surface area contributed by atoms with E-state index in [0.29, 0.717) is 47.9 Å². The molecule has 0 saturated carbocycles. The molecule has 3 aromatic rings. The predicted octanol–water partition coefficient (Wildman–Crippen LogP) is 4.07. The molecule has 0 bridgehead atoms. The third-order valence-electron chi connectivity index (χ3n) is 7.00. The molecule has 0 N–H and O–H groups in total. The molecule has 7 nitrogen and oxygen atoms in total. The lowest BCUT2D eigenvalue weighted by atomic mass is 9.68. The zero-order chi connectivity index (χ0) is 23.4. The Balaban J connectivity index is 1.65. The van der Waals surface area contributed by atoms with Crippen LogP contribution in [0.4, 0.5) is 0 Å². The number of nitriles is 1. The van der Waals surface area contributed by atoms with E-state index < -0.39 is 5.54 Å². The van der Waals surface area contributed by atoms with E-state index in [1.54, 1.807) is 31.3 Å². The maximum Gasteiger partial charge on any atom is 0.255 e. The third-order valence-corrected chi connectivity index (χ3v) is 7.00. The number of hydrogen-bond acceptors (Lipinski definition) is 6. The van der Waals surface area contributed by atoms with Gasteiger partial charge in [0.1, 0.15) is 0 Å². The number of carbonyl (C=O) groups is 1. The van der Waals surface area contributed by atoms with Crippen molar-refractivity contribution in [3.63, 3.8) is 0 Å². The van der Waals surface area contributed by atoms with Crippen LogP contribution in [0.2, 0.25) is 0 Å². The van der Waals surface area contributed by atoms with Crippen molar-refractivity contribution in [3.05, 3.63) is 70.8 Å². The molecule has 0 unspecified atom stereocenters. The quantitative estimate of drug-likeness (QED) is 0.594. The molecule has 34 heavy (non-hydrogen) atoms. The van der Waals surface area contributed by atoms with E-state index >= 15 is 0 Å². The van der Waals surface area contributed by atoms with Gasteiger partial charge in [-0.05, 0) is 53.4 Å². The first-order chi connectivity index (χ1) is 16.6. The van der Waals surface area contributed by atoms with Gasteiger partial charge >= 0.3 is 0 Å². The topological polar surface area (TPSA) is 81.0 Å². The Morgan fingerprint density at radius 2 is 1.82 bits per heavy atom. The minimum Gasteiger partial charge on any atom is -0.493 e. The van der Waals surface area contributed by atoms with E-state index in [9.17, 15) is 10.1 Å². The monoisotopic (exact) mass is 454 g/mol. The average molecular weight is 454 g/mol. The second-order valence-electron chi connectivity index (χ2n) is 8.61. The molecule has 3 aromatic carbocycles. The van der Waals surface area contributed by atoms with Gasteiger partial charge in [0.25, 0.3) is 5.91 Å². The van der Waals surface area contributed by atoms with Crippen LogP contribution in [-0.4, -0.2) is 38.4 Å². The number of methoxy groups -OCH3 is 2. The minimum atomic E-state index is -1.20. The highest BCUT2D eigenvalue weighted by atomic mass is 16.7. The van der Waals surface area contributed by atoms with Crippen LogP contribution in [0, 0.1) is 11.3 Å². The van der Waals surface area contributed by atoms with Crippen LogP contribution in [0.1, 0.15) is 27.0 Å². The molecule has 2 heterocycles. The Morgan fingerprint density at radius 1 is 1.06 bits per heavy atom. The summed E-state index contributed by atoms with van der Waals surface area (Å²) in [5.41, 5.74) is 3.70. The summed E-state index contributed by atoms with van der Waals surface area (Å²) in [6.07, 6.45) is 0.939. The largest absolute Gasteiger partial charge is 0.493 e. The van der Waals surface area contributed by atoms with Crippen LogP contribution in [0.3, 0.4) is 0 Å². The summed E-state index contributed by atoms with van der Waals surface area (Å²) in [6.45, 7) is 0.566. The third kappa shape index (κ3) is 2.65. The second kappa shape index (κ2) is 7.42. The van der Waals surface area contributed by atoms with Crippen molar-refractivity contribution in [2.24, 2.45) is 0 Å². The molecule has 0 saturated heterocycles. The standard InChI is InChI=1S/C27H22N2O5/c1-31-22-10-17-8-9-29(26(30)16-6-4-3-5-7-16)27(14-28)13-18-11-20-21(34-15-33-20)12-19(18)23(24(17)27)25(22)32-2/h3-7,10-12H,8-9,13,15H2,1-2H3/t27-/m0/s1. The fourth-order valence-corrected chi connectivity index (χ4v) is 5.52. The second-order valence-corrected chi connectivity index (χ2v) is 8.61. The smallest absolute Gasteiger partial charge is 0.255 e. The van der Waals surface area contributed by atoms with Gasteiger partial charge in [0, 0.05) is 29.7 Å². The highest BCUT2D eigenvalue weighted by Gasteiger charge is 2.51. The molecule has 2 aliphatic heterocycles. The molecule has 7 heteroatoms. The SMILES string of the molecule is COc1cc2c3c(c1OC)-c1cc4c(cc1C[C@@]3(C#N)N(C(=O)c1ccccc1)CC2)OCO4. The van der Waals surface area contributed by atoms with Crippen molar-refractivity contribution < 1.29 is 23.7 Å². The molecule has 170 valence electrons. The molecular weight excluding hydrogens is 432 g/mol. The van der Waals surface area contributed by atoms with Crippen LogP contribution < -0.4 is 18.9 Å². The number of rotatable bonds is 3. The molecule has 1 atom stereocenters. The van der Waals surface area contributed by atoms with Crippen molar-refractivity contribution in [2.75, 3.05) is 27.6 Å². The first-order valence-electron chi connectivity index (χ1n) is 11.1. The fraction of sp³-hybridized carbons (Fsp3) is 0.259. The van der Waals surface area contributed by atoms with Crippen molar-refractivity contribution in [1.82, 2.24) is 4.90 Å². The van der Waals surface area contributed by atoms with Gasteiger partial charge in [-0.2, -0.15) is 5.26 Å². The van der Waals surface area contributed by atoms with E-state index in [4.69, 9.17) is 18.9 Å². The molecule has 0 spiro atoms. The van der Waals surface area contributed by atoms with Crippen molar-refractivity contribution in [1.29, 1.82) is 5.26 Å². The molecule has 1 amide bonds. The highest BCUT2D eigenvalue weighted by molar-refractivity contribution is 5.97. The molecule has 1 aliphatic carbocycles. The van der Waals surface area contributed by atoms with Gasteiger partial charge in [-0.25, -0.2) is 0 Å². The molecule has 6 rings (SSSR count). The lowest BCUT2D eigenvalue weighted by molar-refractivity contribution is 0.0548. The van der Waals surface area contributed by atoms with E-state index in [1.165, 1.54) is 0 Å². The van der Waals surface area contributed by atoms with Crippen molar-refractivity contribution in [2.45, 2.75) is 18.4 Å². The van der Waals surface area contributed by atoms with Crippen LogP contribution >= 0.6 is 0 Å². The summed E-state index contributed by atoms with van der Waals surface area (Å²) in [7, 11) is 3.19. The van der Waals surface area contributed by atoms with Gasteiger partial charge in [-0.1, -0.05) is 18.2 Å². The highest BCUT2D eigenvalue weighted by Crippen LogP contribution is 2.56. The summed E-state index contributed by atoms with van der Waals surface area (Å²) >= 11 is 0. The summed E-state index contributed by atoms with van der Waals surface area (Å²) in [6, 6.07) is 17.4. The maximum atomic E-state index is 13.7. The van der Waals surface area contributed by atoms with Crippen molar-refractivity contribution >= 4 is 5.91 Å². The van der Waals surface area contributed by atoms with E-state index in [0.717, 1.165) is 27.8 Å². The minimum absolute atomic E-state index is 0.146. The number of nitrogens with zero attached hydrogens (tertiary/aromatic N) is 2. The first-order valence-corrected chi connectivity index (χ1v) is 11.1. The predicted molar refractivity (Wildman–Crippen MR) is 123 cm³/mol. The molecule has 3 aliphatic rings. The average Bonchev–Trinajstić information content (AvgIpc) is 3.34. The van der Waals surface area contributed by atoms with E-state index in [-0.39, 0.29) is 12.7 Å². The summed E-state index contributed by atoms with van der Waals surface area (Å²) < 4.78 is 22.8. The van der Waals surface area contributed by atoms with E-state index in [2.05, 4.69) is 6.07 Å². The van der Waals surface area contributed by atoms with Gasteiger partial charge < -0.3 is 23.8 Å². The number of amides is 1. The first kappa shape index (κ1) is 20.4. The summed E-state index contributed by atoms with van der Waals surface area (Å²) in [5, 5.41) is 10.8. The maximum absolute atomic E-state index is 13.7. The fourth-order valence-electron chi connectivity index (χ4n) is 5.52. The normalized spacial score (nSPS) is 19.0. The summed E-state index contributed by atoms with van der Waals surface area (Å²) in [4.78, 5) is 15.4. The zero-order valence-electron chi connectivity index (χ0n) is 18.9. The summed E-state index contributed by atoms with van der Waals surface area (Å²) in [5.74, 6) is 2.24. The van der Waals surface area contributed by atoms with Gasteiger partial charge in [-0.3, -0.25) is 4.79 Å². The Hall–Kier alpha value is -4.18. The number of ether oxygens (including phenoxy) is 4. The van der Waals surface area contributed by atoms with Gasteiger partial charge in [0.05, 0.1) is 20.3 Å². The van der Waals surface area contributed by atoms with Crippen LogP contribution in [0.15, 0.2) is 48.5 Å². The molecule has 0 aromatic heterocycles. The van der Waals surface area contributed by atoms with E-state index in [1.807, 2.05) is 36.4 Å². The molecule has 0 radical (unpaired) electrons. The van der Waals surface area contributed by atoms with Gasteiger partial charge in [-0.15, -0.1) is 0 Å². The lowest BCUT2D eigenvalue weighted by Gasteiger charge is -2.47. The Labute approximate surface area is 197 Å². The number of carbonyl (C=O) groups excluding carboxylic acids is 1. The number of fused-ring (bicyclic) bond motifs is 3. The Morgan fingerprint density at radius 3 is 2.53 bits per heavy atom. The molecular formula is C27H22N2O5. The number of hydrogen-bond donors (Lipinski definition) is 0. The van der Waals surface area contributed by atoms with Crippen LogP contribution in [-0.2, 0) is 18.4 Å².